The van der Waals surface area contributed by atoms with Crippen LogP contribution in [0.15, 0.2) is 91.0 Å². The predicted molar refractivity (Wildman–Crippen MR) is 570 cm³/mol. The number of benzene rings is 3. The maximum absolute atomic E-state index is 13.6. The third kappa shape index (κ3) is 37.9. The first-order chi connectivity index (χ1) is 67.4. The van der Waals surface area contributed by atoms with Crippen LogP contribution < -0.4 is 30.7 Å². The summed E-state index contributed by atoms with van der Waals surface area (Å²) in [5, 5.41) is 13.3. The summed E-state index contributed by atoms with van der Waals surface area (Å²) in [4.78, 5) is 92.9. The largest absolute Gasteiger partial charge is 0.428 e. The second kappa shape index (κ2) is 63.9. The van der Waals surface area contributed by atoms with Crippen molar-refractivity contribution in [1.29, 1.82) is 0 Å². The molecule has 6 aliphatic heterocycles. The number of nitrogens with one attached hydrogen (secondary N) is 3. The maximum Gasteiger partial charge on any atom is 0.422 e. The highest BCUT2D eigenvalue weighted by atomic mass is 32.1. The van der Waals surface area contributed by atoms with Crippen LogP contribution >= 0.6 is 34.0 Å². The highest BCUT2D eigenvalue weighted by molar-refractivity contribution is 7.17. The third-order valence-corrected chi connectivity index (χ3v) is 30.3. The molecule has 0 bridgehead atoms. The second-order valence-corrected chi connectivity index (χ2v) is 42.5. The van der Waals surface area contributed by atoms with E-state index in [0.717, 1.165) is 217 Å². The SMILES string of the molecule is CCCCCCCCCCCCCCCC(=O)OCOC(=O)N1c2ccccc2NC(=[N+]2CCN(C)CC2)c2cc(C)sc21.CCCCCCCCCCCCCCCCCC(=O)OCOC(=O)N1c2ccccc2NC(=[N+]2CCN(C)CC2)c2cc(C)sc21.CCCCCCCCCCCCCCCCCCCC(=O)OCOC(=O)N1c2ccccc2NC(=[N+]2CCN(C)CC2)c2cc(C)sc21. The predicted octanol–water partition coefficient (Wildman–Crippen LogP) is 27.7. The lowest BCUT2D eigenvalue weighted by molar-refractivity contribution is -0.538. The summed E-state index contributed by atoms with van der Waals surface area (Å²) in [6.45, 7) is 23.0. The van der Waals surface area contributed by atoms with Crippen molar-refractivity contribution in [3.8, 4) is 0 Å². The topological polar surface area (TPSA) is 222 Å². The number of para-hydroxylation sites is 6. The number of aryl methyl sites for hydroxylation is 3. The van der Waals surface area contributed by atoms with Crippen molar-refractivity contribution in [1.82, 2.24) is 14.7 Å². The molecule has 0 saturated carbocycles. The quantitative estimate of drug-likeness (QED) is 0.0106. The number of anilines is 9. The van der Waals surface area contributed by atoms with Gasteiger partial charge in [-0.25, -0.2) is 45.0 Å². The fraction of sp³-hybridized carbons (Fsp3) is 0.649. The summed E-state index contributed by atoms with van der Waals surface area (Å²) in [6.07, 6.45) is 57.1. The van der Waals surface area contributed by atoms with E-state index >= 15 is 0 Å². The molecular weight excluding hydrogens is 1790 g/mol. The van der Waals surface area contributed by atoms with E-state index in [1.807, 2.05) is 72.8 Å². The van der Waals surface area contributed by atoms with Crippen molar-refractivity contribution in [3.05, 3.63) is 122 Å². The average Bonchev–Trinajstić information content (AvgIpc) is 1.62. The summed E-state index contributed by atoms with van der Waals surface area (Å²) in [5.41, 5.74) is 7.57. The van der Waals surface area contributed by atoms with Crippen LogP contribution in [0, 0.1) is 20.8 Å². The van der Waals surface area contributed by atoms with E-state index in [-0.39, 0.29) is 17.9 Å². The molecule has 3 aromatic heterocycles. The number of rotatable bonds is 54. The molecule has 24 nitrogen and oxygen atoms in total. The zero-order valence-electron chi connectivity index (χ0n) is 85.9. The summed E-state index contributed by atoms with van der Waals surface area (Å²) >= 11 is 4.67. The molecule has 0 spiro atoms. The van der Waals surface area contributed by atoms with Crippen molar-refractivity contribution in [3.63, 3.8) is 0 Å². The monoisotopic (exact) mass is 1960 g/mol. The van der Waals surface area contributed by atoms with E-state index in [9.17, 15) is 28.8 Å². The van der Waals surface area contributed by atoms with Crippen LogP contribution in [0.5, 0.6) is 0 Å². The molecule has 6 aliphatic rings. The number of unbranched alkanes of at least 4 members (excludes halogenated alkanes) is 42. The highest BCUT2D eigenvalue weighted by Gasteiger charge is 2.41. The number of hydrogen-bond acceptors (Lipinski definition) is 18. The number of amidine groups is 3. The van der Waals surface area contributed by atoms with Gasteiger partial charge in [0.1, 0.15) is 32.1 Å². The zero-order valence-corrected chi connectivity index (χ0v) is 88.3. The van der Waals surface area contributed by atoms with Gasteiger partial charge in [0.2, 0.25) is 20.4 Å². The maximum atomic E-state index is 13.6. The molecule has 27 heteroatoms. The number of amides is 3. The average molecular weight is 1960 g/mol. The van der Waals surface area contributed by atoms with E-state index in [1.54, 1.807) is 48.7 Å². The Bertz CT molecular complexity index is 4720. The number of likely N-dealkylation sites (N-methyl/N-ethyl adjacent to an activating group) is 3. The van der Waals surface area contributed by atoms with Gasteiger partial charge in [-0.3, -0.25) is 42.8 Å². The zero-order chi connectivity index (χ0) is 97.7. The van der Waals surface area contributed by atoms with E-state index in [0.29, 0.717) is 36.3 Å². The molecule has 3 aromatic carbocycles. The molecule has 12 rings (SSSR count). The van der Waals surface area contributed by atoms with E-state index in [4.69, 9.17) is 28.4 Å². The van der Waals surface area contributed by atoms with Crippen molar-refractivity contribution < 1.29 is 70.9 Å². The number of carbonyl (C=O) groups excluding carboxylic acids is 6. The Hall–Kier alpha value is -8.73. The minimum Gasteiger partial charge on any atom is -0.428 e. The Kier molecular flexibility index (Phi) is 51.5. The highest BCUT2D eigenvalue weighted by Crippen LogP contribution is 2.47. The van der Waals surface area contributed by atoms with Crippen LogP contribution in [-0.4, -0.2) is 202 Å². The number of hydrogen-bond donors (Lipinski definition) is 3. The summed E-state index contributed by atoms with van der Waals surface area (Å²) in [7, 11) is 6.43. The Morgan fingerprint density at radius 3 is 0.688 bits per heavy atom. The Balaban J connectivity index is 0.000000214. The van der Waals surface area contributed by atoms with Crippen molar-refractivity contribution >= 4 is 137 Å². The lowest BCUT2D eigenvalue weighted by Gasteiger charge is -2.24. The molecule has 0 radical (unpaired) electrons. The van der Waals surface area contributed by atoms with Crippen LogP contribution in [0.25, 0.3) is 0 Å². The van der Waals surface area contributed by atoms with Crippen molar-refractivity contribution in [2.24, 2.45) is 0 Å². The number of fused-ring (bicyclic) bond motifs is 6. The number of ether oxygens (including phenoxy) is 6. The third-order valence-electron chi connectivity index (χ3n) is 27.2. The molecule has 138 heavy (non-hydrogen) atoms. The van der Waals surface area contributed by atoms with Gasteiger partial charge >= 0.3 is 36.2 Å². The number of nitrogens with zero attached hydrogens (tertiary/aromatic N) is 9. The molecule has 9 heterocycles. The van der Waals surface area contributed by atoms with Crippen LogP contribution in [-0.2, 0) is 42.8 Å². The molecule has 6 aromatic rings. The number of thiophene rings is 3. The lowest BCUT2D eigenvalue weighted by Crippen LogP contribution is -2.43. The van der Waals surface area contributed by atoms with E-state index < -0.39 is 38.7 Å². The minimum atomic E-state index is -0.560. The summed E-state index contributed by atoms with van der Waals surface area (Å²) in [6, 6.07) is 29.7. The van der Waals surface area contributed by atoms with Gasteiger partial charge < -0.3 is 28.4 Å². The summed E-state index contributed by atoms with van der Waals surface area (Å²) in [5.74, 6) is 2.05. The van der Waals surface area contributed by atoms with Gasteiger partial charge in [0.25, 0.3) is 17.5 Å². The first-order valence-electron chi connectivity index (χ1n) is 53.6. The normalized spacial score (nSPS) is 14.8. The van der Waals surface area contributed by atoms with Gasteiger partial charge in [-0.1, -0.05) is 327 Å². The lowest BCUT2D eigenvalue weighted by atomic mass is 10.0. The molecule has 3 fully saturated rings. The molecule has 0 atom stereocenters. The molecule has 3 amide bonds. The number of esters is 3. The van der Waals surface area contributed by atoms with Crippen molar-refractivity contribution in [2.75, 3.05) is 151 Å². The van der Waals surface area contributed by atoms with Gasteiger partial charge in [0, 0.05) is 73.2 Å². The fourth-order valence-corrected chi connectivity index (χ4v) is 21.9. The molecule has 3 saturated heterocycles. The first kappa shape index (κ1) is 111. The van der Waals surface area contributed by atoms with Gasteiger partial charge in [-0.2, -0.15) is 0 Å². The van der Waals surface area contributed by atoms with Crippen molar-refractivity contribution in [2.45, 2.75) is 350 Å². The molecule has 3 N–H and O–H groups in total. The van der Waals surface area contributed by atoms with Gasteiger partial charge in [-0.05, 0) is 116 Å². The van der Waals surface area contributed by atoms with Gasteiger partial charge in [-0.15, -0.1) is 34.0 Å². The number of piperazine rings is 3. The van der Waals surface area contributed by atoms with Crippen LogP contribution in [0.2, 0.25) is 0 Å². The Morgan fingerprint density at radius 1 is 0.283 bits per heavy atom. The minimum absolute atomic E-state index is 0.319. The van der Waals surface area contributed by atoms with Crippen LogP contribution in [0.3, 0.4) is 0 Å². The van der Waals surface area contributed by atoms with Gasteiger partial charge in [0.05, 0.1) is 73.0 Å². The van der Waals surface area contributed by atoms with E-state index in [1.165, 1.54) is 231 Å². The van der Waals surface area contributed by atoms with Gasteiger partial charge in [0.15, 0.2) is 0 Å². The molecule has 0 aliphatic carbocycles. The smallest absolute Gasteiger partial charge is 0.422 e. The Labute approximate surface area is 839 Å². The van der Waals surface area contributed by atoms with E-state index in [2.05, 4.69) is 125 Å². The molecular formula is C111H171N12O12S3+3. The van der Waals surface area contributed by atoms with Crippen LogP contribution in [0.4, 0.5) is 63.5 Å². The fourth-order valence-electron chi connectivity index (χ4n) is 18.9. The summed E-state index contributed by atoms with van der Waals surface area (Å²) < 4.78 is 39.7. The number of carbonyl (C=O) groups is 6. The second-order valence-electron chi connectivity index (χ2n) is 38.8. The molecule has 0 unspecified atom stereocenters. The first-order valence-corrected chi connectivity index (χ1v) is 56.1. The standard InChI is InChI=1S/C39H60N4O4S.C37H56N4O4S.C35H52N4O4S/c1-4-5-6-7-8-9-10-11-12-13-14-15-16-17-18-19-20-25-36(44)46-31-47-39(45)43-35-24-22-21-23-34(35)40-37(33-30-32(2)48-38(33)43)42-28-26-41(3)27-29-42;1-4-5-6-7-8-9-10-11-12-13-14-15-16-17-18-23-34(42)44-29-45-37(43)41-33-22-20-19-21-32(33)38-35(31-28-30(2)46-36(31)41)40-26-24-39(3)25-27-40;1-4-5-6-7-8-9-10-11-12-13-14-15-16-21-32(40)42-27-43-35(41)39-31-20-18-17-19-30(31)36-33(29-26-28(2)44-34(29)39)38-24-22-37(3)23-25-38/h21-24,30H,4-20,25-29,31H2,1-3H3;19-22,28H,4-18,23-27,29H2,1-3H3;17-20,26H,4-16,21-25,27H2,1-3H3/p+3. The Morgan fingerprint density at radius 2 is 0.478 bits per heavy atom. The molecule has 762 valence electrons. The van der Waals surface area contributed by atoms with Crippen LogP contribution in [0.1, 0.15) is 360 Å².